The molecule has 9 nitrogen and oxygen atoms in total. The van der Waals surface area contributed by atoms with Gasteiger partial charge in [0.1, 0.15) is 0 Å². The van der Waals surface area contributed by atoms with Gasteiger partial charge in [-0.1, -0.05) is 12.1 Å². The van der Waals surface area contributed by atoms with E-state index in [1.807, 2.05) is 0 Å². The largest absolute Gasteiger partial charge is 0.470 e. The molecule has 1 atom stereocenters. The van der Waals surface area contributed by atoms with Gasteiger partial charge in [0, 0.05) is 19.2 Å². The second-order valence-electron chi connectivity index (χ2n) is 5.87. The lowest BCUT2D eigenvalue weighted by Crippen LogP contribution is -2.39. The molecule has 1 saturated heterocycles. The Hall–Kier alpha value is -2.54. The van der Waals surface area contributed by atoms with Crippen LogP contribution in [0.2, 0.25) is 0 Å². The minimum Gasteiger partial charge on any atom is -0.417 e. The van der Waals surface area contributed by atoms with Crippen molar-refractivity contribution in [2.24, 2.45) is 0 Å². The molecule has 0 bridgehead atoms. The van der Waals surface area contributed by atoms with Crippen molar-refractivity contribution < 1.29 is 30.9 Å². The highest BCUT2D eigenvalue weighted by molar-refractivity contribution is 7.89. The molecule has 0 saturated carbocycles. The van der Waals surface area contributed by atoms with Gasteiger partial charge < -0.3 is 4.42 Å². The fourth-order valence-electron chi connectivity index (χ4n) is 2.84. The summed E-state index contributed by atoms with van der Waals surface area (Å²) in [5.74, 6) is -2.55. The number of sulfonamides is 1. The average molecular weight is 406 g/mol. The van der Waals surface area contributed by atoms with E-state index in [4.69, 9.17) is 0 Å². The fourth-order valence-corrected chi connectivity index (χ4v) is 4.52. The molecule has 1 aromatic heterocycles. The van der Waals surface area contributed by atoms with Gasteiger partial charge in [0.2, 0.25) is 15.9 Å². The Bertz CT molecular complexity index is 960. The third-order valence-electron chi connectivity index (χ3n) is 4.10. The molecule has 27 heavy (non-hydrogen) atoms. The van der Waals surface area contributed by atoms with E-state index in [2.05, 4.69) is 14.6 Å². The van der Waals surface area contributed by atoms with E-state index in [9.17, 15) is 31.7 Å². The van der Waals surface area contributed by atoms with E-state index in [0.29, 0.717) is 12.8 Å². The van der Waals surface area contributed by atoms with Crippen LogP contribution in [0.1, 0.15) is 30.5 Å². The van der Waals surface area contributed by atoms with Crippen LogP contribution in [-0.4, -0.2) is 40.9 Å². The van der Waals surface area contributed by atoms with Crippen molar-refractivity contribution in [2.45, 2.75) is 29.8 Å². The predicted octanol–water partition coefficient (Wildman–Crippen LogP) is 2.56. The smallest absolute Gasteiger partial charge is 0.417 e. The van der Waals surface area contributed by atoms with Gasteiger partial charge in [-0.2, -0.15) is 17.5 Å². The zero-order chi connectivity index (χ0) is 19.8. The monoisotopic (exact) mass is 406 g/mol. The maximum Gasteiger partial charge on any atom is 0.470 e. The minimum absolute atomic E-state index is 0.0746. The first-order chi connectivity index (χ1) is 12.6. The Labute approximate surface area is 151 Å². The molecular formula is C14H13F3N4O5S. The molecule has 1 aliphatic heterocycles. The number of hydrogen-bond donors (Lipinski definition) is 0. The summed E-state index contributed by atoms with van der Waals surface area (Å²) in [5.41, 5.74) is -0.572. The third kappa shape index (κ3) is 3.78. The van der Waals surface area contributed by atoms with Gasteiger partial charge in [-0.05, 0) is 18.9 Å². The first-order valence-electron chi connectivity index (χ1n) is 7.75. The summed E-state index contributed by atoms with van der Waals surface area (Å²) >= 11 is 0. The number of benzene rings is 1. The van der Waals surface area contributed by atoms with Crippen LogP contribution in [0.4, 0.5) is 18.9 Å². The second-order valence-corrected chi connectivity index (χ2v) is 7.78. The molecule has 1 fully saturated rings. The summed E-state index contributed by atoms with van der Waals surface area (Å²) in [4.78, 5) is 9.84. The topological polar surface area (TPSA) is 119 Å². The summed E-state index contributed by atoms with van der Waals surface area (Å²) in [6.45, 7) is -0.140. The first kappa shape index (κ1) is 19.2. The zero-order valence-electron chi connectivity index (χ0n) is 13.6. The fraction of sp³-hybridized carbons (Fsp3) is 0.429. The zero-order valence-corrected chi connectivity index (χ0v) is 14.4. The van der Waals surface area contributed by atoms with Crippen molar-refractivity contribution in [2.75, 3.05) is 13.1 Å². The molecule has 13 heteroatoms. The highest BCUT2D eigenvalue weighted by Crippen LogP contribution is 2.34. The van der Waals surface area contributed by atoms with Crippen LogP contribution in [0, 0.1) is 10.1 Å². The molecule has 0 radical (unpaired) electrons. The SMILES string of the molecule is O=[N+]([O-])c1ccccc1S(=O)(=O)N1CCCC(c2nnc(C(F)(F)F)o2)C1. The Morgan fingerprint density at radius 2 is 1.96 bits per heavy atom. The Kier molecular flexibility index (Phi) is 4.90. The van der Waals surface area contributed by atoms with E-state index in [1.165, 1.54) is 12.1 Å². The van der Waals surface area contributed by atoms with E-state index in [-0.39, 0.29) is 19.0 Å². The molecule has 0 spiro atoms. The Morgan fingerprint density at radius 3 is 2.59 bits per heavy atom. The van der Waals surface area contributed by atoms with E-state index < -0.39 is 43.5 Å². The van der Waals surface area contributed by atoms with Gasteiger partial charge in [0.05, 0.1) is 10.8 Å². The van der Waals surface area contributed by atoms with E-state index in [0.717, 1.165) is 16.4 Å². The number of halogens is 3. The Balaban J connectivity index is 1.88. The van der Waals surface area contributed by atoms with Gasteiger partial charge in [0.25, 0.3) is 5.69 Å². The van der Waals surface area contributed by atoms with Crippen LogP contribution in [0.25, 0.3) is 0 Å². The predicted molar refractivity (Wildman–Crippen MR) is 83.1 cm³/mol. The molecule has 0 N–H and O–H groups in total. The number of aromatic nitrogens is 2. The summed E-state index contributed by atoms with van der Waals surface area (Å²) < 4.78 is 69.1. The van der Waals surface area contributed by atoms with Crippen LogP contribution in [0.15, 0.2) is 33.6 Å². The maximum absolute atomic E-state index is 12.8. The number of nitro groups is 1. The van der Waals surface area contributed by atoms with Crippen molar-refractivity contribution in [1.29, 1.82) is 0 Å². The molecule has 1 aromatic carbocycles. The number of hydrogen-bond acceptors (Lipinski definition) is 7. The quantitative estimate of drug-likeness (QED) is 0.565. The van der Waals surface area contributed by atoms with E-state index >= 15 is 0 Å². The van der Waals surface area contributed by atoms with Crippen LogP contribution in [0.5, 0.6) is 0 Å². The molecule has 2 aromatic rings. The normalized spacial score (nSPS) is 19.1. The van der Waals surface area contributed by atoms with Gasteiger partial charge >= 0.3 is 12.1 Å². The lowest BCUT2D eigenvalue weighted by molar-refractivity contribution is -0.387. The first-order valence-corrected chi connectivity index (χ1v) is 9.19. The van der Waals surface area contributed by atoms with Gasteiger partial charge in [-0.25, -0.2) is 8.42 Å². The van der Waals surface area contributed by atoms with Crippen LogP contribution in [-0.2, 0) is 16.2 Å². The van der Waals surface area contributed by atoms with Crippen molar-refractivity contribution >= 4 is 15.7 Å². The lowest BCUT2D eigenvalue weighted by atomic mass is 10.00. The van der Waals surface area contributed by atoms with Gasteiger partial charge in [-0.3, -0.25) is 10.1 Å². The molecule has 0 amide bonds. The standard InChI is InChI=1S/C14H13F3N4O5S/c15-14(16,17)13-19-18-12(26-13)9-4-3-7-20(8-9)27(24,25)11-6-2-1-5-10(11)21(22)23/h1-2,5-6,9H,3-4,7-8H2. The van der Waals surface area contributed by atoms with Crippen molar-refractivity contribution in [3.63, 3.8) is 0 Å². The van der Waals surface area contributed by atoms with Crippen molar-refractivity contribution in [3.8, 4) is 0 Å². The number of nitro benzene ring substituents is 1. The highest BCUT2D eigenvalue weighted by Gasteiger charge is 2.40. The summed E-state index contributed by atoms with van der Waals surface area (Å²) in [7, 11) is -4.22. The van der Waals surface area contributed by atoms with Crippen molar-refractivity contribution in [3.05, 3.63) is 46.2 Å². The molecule has 146 valence electrons. The number of piperidine rings is 1. The average Bonchev–Trinajstić information content (AvgIpc) is 3.12. The third-order valence-corrected chi connectivity index (χ3v) is 6.01. The number of nitrogens with zero attached hydrogens (tertiary/aromatic N) is 4. The summed E-state index contributed by atoms with van der Waals surface area (Å²) in [6.07, 6.45) is -4.12. The van der Waals surface area contributed by atoms with Crippen LogP contribution in [0.3, 0.4) is 0 Å². The molecule has 0 aliphatic carbocycles. The number of alkyl halides is 3. The highest BCUT2D eigenvalue weighted by atomic mass is 32.2. The molecule has 1 aliphatic rings. The van der Waals surface area contributed by atoms with Crippen LogP contribution >= 0.6 is 0 Å². The minimum atomic E-state index is -4.80. The lowest BCUT2D eigenvalue weighted by Gasteiger charge is -2.30. The summed E-state index contributed by atoms with van der Waals surface area (Å²) in [5, 5.41) is 17.4. The molecule has 3 rings (SSSR count). The van der Waals surface area contributed by atoms with Crippen LogP contribution < -0.4 is 0 Å². The number of rotatable bonds is 4. The van der Waals surface area contributed by atoms with Gasteiger partial charge in [-0.15, -0.1) is 10.2 Å². The number of para-hydroxylation sites is 1. The van der Waals surface area contributed by atoms with Crippen molar-refractivity contribution in [1.82, 2.24) is 14.5 Å². The Morgan fingerprint density at radius 1 is 1.26 bits per heavy atom. The molecule has 2 heterocycles. The summed E-state index contributed by atoms with van der Waals surface area (Å²) in [6, 6.07) is 4.88. The molecule has 1 unspecified atom stereocenters. The van der Waals surface area contributed by atoms with Gasteiger partial charge in [0.15, 0.2) is 4.90 Å². The maximum atomic E-state index is 12.8. The van der Waals surface area contributed by atoms with E-state index in [1.54, 1.807) is 0 Å². The second kappa shape index (κ2) is 6.88. The molecular weight excluding hydrogens is 393 g/mol.